The number of sulfonamides is 1. The number of benzene rings is 2. The van der Waals surface area contributed by atoms with Crippen molar-refractivity contribution < 1.29 is 17.6 Å². The Morgan fingerprint density at radius 1 is 1.20 bits per heavy atom. The van der Waals surface area contributed by atoms with Crippen molar-refractivity contribution in [2.24, 2.45) is 5.92 Å². The summed E-state index contributed by atoms with van der Waals surface area (Å²) in [6.45, 7) is 4.34. The van der Waals surface area contributed by atoms with Crippen LogP contribution in [0.15, 0.2) is 47.4 Å². The Morgan fingerprint density at radius 3 is 2.52 bits per heavy atom. The van der Waals surface area contributed by atoms with Gasteiger partial charge in [0.05, 0.1) is 11.3 Å². The monoisotopic (exact) mass is 384 g/mol. The van der Waals surface area contributed by atoms with E-state index in [9.17, 15) is 17.6 Å². The number of rotatable bonds is 6. The summed E-state index contributed by atoms with van der Waals surface area (Å²) in [4.78, 5) is 11.7. The molecule has 2 aromatic rings. The number of amides is 1. The first kappa shape index (κ1) is 19.2. The van der Waals surface area contributed by atoms with E-state index >= 15 is 0 Å². The number of para-hydroxylation sites is 1. The van der Waals surface area contributed by atoms with Gasteiger partial charge in [-0.25, -0.2) is 12.8 Å². The van der Waals surface area contributed by atoms with Crippen LogP contribution in [-0.4, -0.2) is 20.9 Å². The van der Waals surface area contributed by atoms with Gasteiger partial charge in [-0.05, 0) is 36.2 Å². The number of carbonyl (C=O) groups excluding carboxylic acids is 1. The highest BCUT2D eigenvalue weighted by atomic mass is 35.5. The maximum absolute atomic E-state index is 13.9. The lowest BCUT2D eigenvalue weighted by atomic mass is 10.1. The van der Waals surface area contributed by atoms with Gasteiger partial charge in [-0.1, -0.05) is 37.6 Å². The fourth-order valence-corrected chi connectivity index (χ4v) is 3.35. The molecule has 2 N–H and O–H groups in total. The number of carbonyl (C=O) groups is 1. The Balaban J connectivity index is 2.32. The lowest BCUT2D eigenvalue weighted by Gasteiger charge is -2.14. The molecule has 0 aliphatic heterocycles. The topological polar surface area (TPSA) is 75.3 Å². The van der Waals surface area contributed by atoms with Crippen LogP contribution in [0.2, 0.25) is 5.02 Å². The molecule has 0 aromatic heterocycles. The van der Waals surface area contributed by atoms with Crippen molar-refractivity contribution in [3.63, 3.8) is 0 Å². The van der Waals surface area contributed by atoms with Crippen molar-refractivity contribution in [1.29, 1.82) is 0 Å². The lowest BCUT2D eigenvalue weighted by Crippen LogP contribution is -2.28. The first-order valence-corrected chi connectivity index (χ1v) is 9.42. The molecule has 134 valence electrons. The SMILES string of the molecule is CC(C)CNC(=O)c1ccccc1NS(=O)(=O)c1ccc(Cl)cc1F. The van der Waals surface area contributed by atoms with Crippen LogP contribution < -0.4 is 10.0 Å². The fraction of sp³-hybridized carbons (Fsp3) is 0.235. The normalized spacial score (nSPS) is 11.4. The zero-order chi connectivity index (χ0) is 18.6. The van der Waals surface area contributed by atoms with Crippen LogP contribution in [0.1, 0.15) is 24.2 Å². The molecule has 0 radical (unpaired) electrons. The standard InChI is InChI=1S/C17H18ClFN2O3S/c1-11(2)10-20-17(22)13-5-3-4-6-15(13)21-25(23,24)16-8-7-12(18)9-14(16)19/h3-9,11,21H,10H2,1-2H3,(H,20,22). The highest BCUT2D eigenvalue weighted by molar-refractivity contribution is 7.92. The number of halogens is 2. The Bertz CT molecular complexity index is 885. The molecule has 0 bridgehead atoms. The zero-order valence-electron chi connectivity index (χ0n) is 13.7. The highest BCUT2D eigenvalue weighted by Gasteiger charge is 2.22. The maximum Gasteiger partial charge on any atom is 0.264 e. The molecule has 0 unspecified atom stereocenters. The molecule has 0 aliphatic rings. The molecule has 1 amide bonds. The third kappa shape index (κ3) is 4.93. The third-order valence-electron chi connectivity index (χ3n) is 3.27. The maximum atomic E-state index is 13.9. The fourth-order valence-electron chi connectivity index (χ4n) is 2.06. The van der Waals surface area contributed by atoms with Gasteiger partial charge in [-0.15, -0.1) is 0 Å². The first-order valence-electron chi connectivity index (χ1n) is 7.56. The van der Waals surface area contributed by atoms with Crippen molar-refractivity contribution in [2.75, 3.05) is 11.3 Å². The van der Waals surface area contributed by atoms with Crippen molar-refractivity contribution in [3.8, 4) is 0 Å². The summed E-state index contributed by atoms with van der Waals surface area (Å²) in [5.41, 5.74) is 0.221. The quantitative estimate of drug-likeness (QED) is 0.797. The van der Waals surface area contributed by atoms with Gasteiger partial charge in [-0.3, -0.25) is 9.52 Å². The number of anilines is 1. The van der Waals surface area contributed by atoms with E-state index in [0.29, 0.717) is 6.54 Å². The molecule has 0 saturated heterocycles. The van der Waals surface area contributed by atoms with Crippen LogP contribution in [0.4, 0.5) is 10.1 Å². The Kier molecular flexibility index (Phi) is 6.02. The summed E-state index contributed by atoms with van der Waals surface area (Å²) in [7, 11) is -4.21. The highest BCUT2D eigenvalue weighted by Crippen LogP contribution is 2.23. The molecule has 0 aliphatic carbocycles. The van der Waals surface area contributed by atoms with Crippen LogP contribution in [0.25, 0.3) is 0 Å². The predicted octanol–water partition coefficient (Wildman–Crippen LogP) is 3.67. The molecule has 0 spiro atoms. The Morgan fingerprint density at radius 2 is 1.88 bits per heavy atom. The van der Waals surface area contributed by atoms with Gasteiger partial charge in [0.25, 0.3) is 15.9 Å². The van der Waals surface area contributed by atoms with E-state index in [1.807, 2.05) is 13.8 Å². The van der Waals surface area contributed by atoms with Crippen LogP contribution >= 0.6 is 11.6 Å². The van der Waals surface area contributed by atoms with Gasteiger partial charge in [-0.2, -0.15) is 0 Å². The van der Waals surface area contributed by atoms with Crippen LogP contribution in [0.3, 0.4) is 0 Å². The molecule has 2 rings (SSSR count). The third-order valence-corrected chi connectivity index (χ3v) is 4.90. The summed E-state index contributed by atoms with van der Waals surface area (Å²) < 4.78 is 41.1. The van der Waals surface area contributed by atoms with Gasteiger partial charge < -0.3 is 5.32 Å². The average Bonchev–Trinajstić information content (AvgIpc) is 2.52. The number of nitrogens with one attached hydrogen (secondary N) is 2. The van der Waals surface area contributed by atoms with Crippen LogP contribution in [0, 0.1) is 11.7 Å². The van der Waals surface area contributed by atoms with Crippen molar-refractivity contribution in [3.05, 3.63) is 58.9 Å². The first-order chi connectivity index (χ1) is 11.7. The molecule has 0 heterocycles. The van der Waals surface area contributed by atoms with E-state index < -0.39 is 26.6 Å². The second kappa shape index (κ2) is 7.84. The molecule has 25 heavy (non-hydrogen) atoms. The van der Waals surface area contributed by atoms with E-state index in [1.54, 1.807) is 12.1 Å². The minimum atomic E-state index is -4.21. The minimum Gasteiger partial charge on any atom is -0.352 e. The summed E-state index contributed by atoms with van der Waals surface area (Å²) in [6.07, 6.45) is 0. The molecule has 0 fully saturated rings. The van der Waals surface area contributed by atoms with Crippen LogP contribution in [-0.2, 0) is 10.0 Å². The smallest absolute Gasteiger partial charge is 0.264 e. The summed E-state index contributed by atoms with van der Waals surface area (Å²) in [5.74, 6) is -1.14. The van der Waals surface area contributed by atoms with Gasteiger partial charge in [0.1, 0.15) is 10.7 Å². The number of hydrogen-bond donors (Lipinski definition) is 2. The predicted molar refractivity (Wildman–Crippen MR) is 95.8 cm³/mol. The van der Waals surface area contributed by atoms with E-state index in [4.69, 9.17) is 11.6 Å². The van der Waals surface area contributed by atoms with E-state index in [-0.39, 0.29) is 22.2 Å². The van der Waals surface area contributed by atoms with Gasteiger partial charge in [0.2, 0.25) is 0 Å². The minimum absolute atomic E-state index is 0.0677. The van der Waals surface area contributed by atoms with Crippen molar-refractivity contribution >= 4 is 33.2 Å². The Labute approximate surface area is 151 Å². The molecule has 5 nitrogen and oxygen atoms in total. The van der Waals surface area contributed by atoms with Crippen molar-refractivity contribution in [2.45, 2.75) is 18.7 Å². The molecular formula is C17H18ClFN2O3S. The van der Waals surface area contributed by atoms with E-state index in [1.165, 1.54) is 18.2 Å². The summed E-state index contributed by atoms with van der Waals surface area (Å²) >= 11 is 5.65. The lowest BCUT2D eigenvalue weighted by molar-refractivity contribution is 0.0950. The summed E-state index contributed by atoms with van der Waals surface area (Å²) in [6, 6.07) is 9.39. The van der Waals surface area contributed by atoms with Crippen LogP contribution in [0.5, 0.6) is 0 Å². The van der Waals surface area contributed by atoms with Gasteiger partial charge in [0.15, 0.2) is 0 Å². The Hall–Kier alpha value is -2.12. The van der Waals surface area contributed by atoms with E-state index in [0.717, 1.165) is 12.1 Å². The number of hydrogen-bond acceptors (Lipinski definition) is 3. The van der Waals surface area contributed by atoms with Crippen molar-refractivity contribution in [1.82, 2.24) is 5.32 Å². The molecule has 2 aromatic carbocycles. The van der Waals surface area contributed by atoms with Gasteiger partial charge in [0, 0.05) is 11.6 Å². The largest absolute Gasteiger partial charge is 0.352 e. The average molecular weight is 385 g/mol. The van der Waals surface area contributed by atoms with E-state index in [2.05, 4.69) is 10.0 Å². The molecule has 8 heteroatoms. The molecule has 0 saturated carbocycles. The molecule has 0 atom stereocenters. The second-order valence-corrected chi connectivity index (χ2v) is 7.92. The second-order valence-electron chi connectivity index (χ2n) is 5.83. The summed E-state index contributed by atoms with van der Waals surface area (Å²) in [5, 5.41) is 2.81. The van der Waals surface area contributed by atoms with Gasteiger partial charge >= 0.3 is 0 Å². The molecular weight excluding hydrogens is 367 g/mol. The zero-order valence-corrected chi connectivity index (χ0v) is 15.3.